The molecule has 1 saturated carbocycles. The number of halogens is 2. The summed E-state index contributed by atoms with van der Waals surface area (Å²) in [5.74, 6) is 1.06. The Morgan fingerprint density at radius 1 is 1.00 bits per heavy atom. The highest BCUT2D eigenvalue weighted by Gasteiger charge is 2.20. The summed E-state index contributed by atoms with van der Waals surface area (Å²) in [7, 11) is 0. The van der Waals surface area contributed by atoms with Crippen LogP contribution >= 0.6 is 11.6 Å². The maximum Gasteiger partial charge on any atom is 0.142 e. The first kappa shape index (κ1) is 17.2. The second-order valence-electron chi connectivity index (χ2n) is 6.70. The summed E-state index contributed by atoms with van der Waals surface area (Å²) in [5.41, 5.74) is 3.32. The molecule has 24 heavy (non-hydrogen) atoms. The van der Waals surface area contributed by atoms with Crippen molar-refractivity contribution in [1.82, 2.24) is 0 Å². The summed E-state index contributed by atoms with van der Waals surface area (Å²) in [6, 6.07) is 13.6. The van der Waals surface area contributed by atoms with Gasteiger partial charge in [0.25, 0.3) is 0 Å². The third-order valence-electron chi connectivity index (χ3n) is 5.05. The SMILES string of the molecule is CCC=C[C@H]1CC[C@H](c2ccc(-c3ccc(Cl)c(F)c3)cc2)CC1. The second-order valence-corrected chi connectivity index (χ2v) is 7.11. The van der Waals surface area contributed by atoms with E-state index in [9.17, 15) is 4.39 Å². The number of benzene rings is 2. The van der Waals surface area contributed by atoms with Gasteiger partial charge in [-0.05, 0) is 72.8 Å². The van der Waals surface area contributed by atoms with E-state index in [-0.39, 0.29) is 10.8 Å². The Morgan fingerprint density at radius 2 is 1.67 bits per heavy atom. The zero-order valence-electron chi connectivity index (χ0n) is 14.1. The largest absolute Gasteiger partial charge is 0.205 e. The molecule has 0 N–H and O–H groups in total. The van der Waals surface area contributed by atoms with Crippen LogP contribution < -0.4 is 0 Å². The van der Waals surface area contributed by atoms with E-state index in [2.05, 4.69) is 43.3 Å². The summed E-state index contributed by atoms with van der Waals surface area (Å²) in [5, 5.41) is 0.171. The van der Waals surface area contributed by atoms with E-state index in [1.807, 2.05) is 6.07 Å². The Balaban J connectivity index is 1.67. The van der Waals surface area contributed by atoms with Crippen molar-refractivity contribution in [1.29, 1.82) is 0 Å². The van der Waals surface area contributed by atoms with Crippen LogP contribution in [0.4, 0.5) is 4.39 Å². The van der Waals surface area contributed by atoms with E-state index in [1.54, 1.807) is 6.07 Å². The summed E-state index contributed by atoms with van der Waals surface area (Å²) in [6.07, 6.45) is 10.9. The molecule has 0 atom stereocenters. The molecule has 0 radical (unpaired) electrons. The molecule has 0 aliphatic heterocycles. The van der Waals surface area contributed by atoms with Crippen LogP contribution in [-0.4, -0.2) is 0 Å². The molecule has 0 bridgehead atoms. The van der Waals surface area contributed by atoms with Crippen molar-refractivity contribution in [2.24, 2.45) is 5.92 Å². The van der Waals surface area contributed by atoms with Crippen LogP contribution in [0.25, 0.3) is 11.1 Å². The third-order valence-corrected chi connectivity index (χ3v) is 5.36. The van der Waals surface area contributed by atoms with Crippen molar-refractivity contribution >= 4 is 11.6 Å². The van der Waals surface area contributed by atoms with Crippen molar-refractivity contribution in [3.05, 3.63) is 71.0 Å². The number of rotatable bonds is 4. The molecule has 0 heterocycles. The molecule has 0 nitrogen and oxygen atoms in total. The molecule has 2 heteroatoms. The predicted octanol–water partition coefficient (Wildman–Crippen LogP) is 7.39. The highest BCUT2D eigenvalue weighted by molar-refractivity contribution is 6.30. The summed E-state index contributed by atoms with van der Waals surface area (Å²) in [4.78, 5) is 0. The second kappa shape index (κ2) is 7.98. The van der Waals surface area contributed by atoms with Gasteiger partial charge in [0.05, 0.1) is 5.02 Å². The number of hydrogen-bond acceptors (Lipinski definition) is 0. The molecule has 0 aromatic heterocycles. The quantitative estimate of drug-likeness (QED) is 0.508. The van der Waals surface area contributed by atoms with Gasteiger partial charge in [-0.15, -0.1) is 0 Å². The number of allylic oxidation sites excluding steroid dienone is 2. The average Bonchev–Trinajstić information content (AvgIpc) is 2.63. The molecule has 2 aromatic rings. The van der Waals surface area contributed by atoms with Crippen molar-refractivity contribution in [2.75, 3.05) is 0 Å². The van der Waals surface area contributed by atoms with E-state index in [4.69, 9.17) is 11.6 Å². The molecule has 3 rings (SSSR count). The fourth-order valence-electron chi connectivity index (χ4n) is 3.60. The molecule has 1 fully saturated rings. The van der Waals surface area contributed by atoms with Crippen LogP contribution in [0.1, 0.15) is 50.5 Å². The Bertz CT molecular complexity index is 694. The van der Waals surface area contributed by atoms with Gasteiger partial charge in [-0.25, -0.2) is 4.39 Å². The lowest BCUT2D eigenvalue weighted by molar-refractivity contribution is 0.375. The Hall–Kier alpha value is -1.60. The summed E-state index contributed by atoms with van der Waals surface area (Å²) in [6.45, 7) is 2.19. The van der Waals surface area contributed by atoms with E-state index in [0.29, 0.717) is 5.92 Å². The molecule has 2 aromatic carbocycles. The molecule has 1 aliphatic rings. The van der Waals surface area contributed by atoms with E-state index in [1.165, 1.54) is 37.3 Å². The topological polar surface area (TPSA) is 0 Å². The van der Waals surface area contributed by atoms with Crippen molar-refractivity contribution < 1.29 is 4.39 Å². The summed E-state index contributed by atoms with van der Waals surface area (Å²) < 4.78 is 13.6. The van der Waals surface area contributed by atoms with Crippen molar-refractivity contribution in [3.8, 4) is 11.1 Å². The minimum Gasteiger partial charge on any atom is -0.205 e. The van der Waals surface area contributed by atoms with Gasteiger partial charge in [-0.1, -0.05) is 61.0 Å². The molecular weight excluding hydrogens is 319 g/mol. The minimum absolute atomic E-state index is 0.171. The lowest BCUT2D eigenvalue weighted by Crippen LogP contribution is -2.11. The molecule has 0 unspecified atom stereocenters. The molecule has 0 amide bonds. The highest BCUT2D eigenvalue weighted by Crippen LogP contribution is 2.37. The summed E-state index contributed by atoms with van der Waals surface area (Å²) >= 11 is 5.76. The van der Waals surface area contributed by atoms with Crippen LogP contribution in [0.3, 0.4) is 0 Å². The lowest BCUT2D eigenvalue weighted by Gasteiger charge is -2.27. The van der Waals surface area contributed by atoms with Gasteiger partial charge in [0, 0.05) is 0 Å². The lowest BCUT2D eigenvalue weighted by atomic mass is 9.78. The Morgan fingerprint density at radius 3 is 2.29 bits per heavy atom. The van der Waals surface area contributed by atoms with Crippen LogP contribution in [0.15, 0.2) is 54.6 Å². The first-order valence-corrected chi connectivity index (χ1v) is 9.27. The standard InChI is InChI=1S/C22H24ClF/c1-2-3-4-16-5-7-17(8-6-16)18-9-11-19(12-10-18)20-13-14-21(23)22(24)15-20/h3-4,9-17H,2,5-8H2,1H3/t16-,17-. The fourth-order valence-corrected chi connectivity index (χ4v) is 3.71. The van der Waals surface area contributed by atoms with Gasteiger partial charge in [0.1, 0.15) is 5.82 Å². The molecular formula is C22H24ClF. The van der Waals surface area contributed by atoms with Crippen LogP contribution in [0.5, 0.6) is 0 Å². The van der Waals surface area contributed by atoms with E-state index >= 15 is 0 Å². The maximum absolute atomic E-state index is 13.6. The zero-order chi connectivity index (χ0) is 16.9. The van der Waals surface area contributed by atoms with Gasteiger partial charge in [-0.3, -0.25) is 0 Å². The van der Waals surface area contributed by atoms with Crippen LogP contribution in [-0.2, 0) is 0 Å². The first-order chi connectivity index (χ1) is 11.7. The molecule has 1 aliphatic carbocycles. The fraction of sp³-hybridized carbons (Fsp3) is 0.364. The zero-order valence-corrected chi connectivity index (χ0v) is 14.9. The monoisotopic (exact) mass is 342 g/mol. The van der Waals surface area contributed by atoms with E-state index < -0.39 is 0 Å². The van der Waals surface area contributed by atoms with Gasteiger partial charge in [-0.2, -0.15) is 0 Å². The Labute approximate surface area is 149 Å². The average molecular weight is 343 g/mol. The van der Waals surface area contributed by atoms with Crippen molar-refractivity contribution in [2.45, 2.75) is 44.9 Å². The number of hydrogen-bond donors (Lipinski definition) is 0. The molecule has 0 saturated heterocycles. The van der Waals surface area contributed by atoms with Gasteiger partial charge in [0.15, 0.2) is 0 Å². The van der Waals surface area contributed by atoms with Gasteiger partial charge < -0.3 is 0 Å². The Kier molecular flexibility index (Phi) is 5.73. The van der Waals surface area contributed by atoms with Crippen LogP contribution in [0.2, 0.25) is 5.02 Å². The molecule has 126 valence electrons. The molecule has 0 spiro atoms. The maximum atomic E-state index is 13.6. The first-order valence-electron chi connectivity index (χ1n) is 8.89. The smallest absolute Gasteiger partial charge is 0.142 e. The highest BCUT2D eigenvalue weighted by atomic mass is 35.5. The third kappa shape index (κ3) is 4.08. The van der Waals surface area contributed by atoms with Crippen LogP contribution in [0, 0.1) is 11.7 Å². The predicted molar refractivity (Wildman–Crippen MR) is 101 cm³/mol. The van der Waals surface area contributed by atoms with Crippen molar-refractivity contribution in [3.63, 3.8) is 0 Å². The minimum atomic E-state index is -0.364. The van der Waals surface area contributed by atoms with E-state index in [0.717, 1.165) is 23.5 Å². The van der Waals surface area contributed by atoms with Gasteiger partial charge >= 0.3 is 0 Å². The normalized spacial score (nSPS) is 21.3. The van der Waals surface area contributed by atoms with Gasteiger partial charge in [0.2, 0.25) is 0 Å².